The van der Waals surface area contributed by atoms with E-state index in [4.69, 9.17) is 19.7 Å². The fourth-order valence-corrected chi connectivity index (χ4v) is 4.44. The Bertz CT molecular complexity index is 1440. The number of aryl methyl sites for hydroxylation is 4. The molecule has 0 radical (unpaired) electrons. The van der Waals surface area contributed by atoms with E-state index < -0.39 is 0 Å². The van der Waals surface area contributed by atoms with Crippen molar-refractivity contribution in [1.29, 1.82) is 0 Å². The van der Waals surface area contributed by atoms with E-state index in [2.05, 4.69) is 86.6 Å². The van der Waals surface area contributed by atoms with Crippen molar-refractivity contribution < 1.29 is 4.74 Å². The van der Waals surface area contributed by atoms with Crippen molar-refractivity contribution in [3.8, 4) is 50.8 Å². The van der Waals surface area contributed by atoms with Gasteiger partial charge in [-0.1, -0.05) is 59.7 Å². The van der Waals surface area contributed by atoms with Gasteiger partial charge in [-0.05, 0) is 81.1 Å². The largest absolute Gasteiger partial charge is 0.494 e. The van der Waals surface area contributed by atoms with E-state index in [1.54, 1.807) is 0 Å². The number of nitrogens with zero attached hydrogens (tertiary/aromatic N) is 3. The Labute approximate surface area is 219 Å². The lowest BCUT2D eigenvalue weighted by atomic mass is 10.0. The summed E-state index contributed by atoms with van der Waals surface area (Å²) in [5.74, 6) is 0.753. The first kappa shape index (κ1) is 24.4. The van der Waals surface area contributed by atoms with Crippen molar-refractivity contribution in [2.45, 2.75) is 34.6 Å². The normalized spacial score (nSPS) is 10.9. The van der Waals surface area contributed by atoms with Crippen LogP contribution in [0.5, 0.6) is 5.75 Å². The Morgan fingerprint density at radius 3 is 1.30 bits per heavy atom. The molecule has 0 aliphatic heterocycles. The van der Waals surface area contributed by atoms with Crippen LogP contribution in [-0.4, -0.2) is 21.6 Å². The molecule has 0 fully saturated rings. The molecule has 2 aromatic carbocycles. The van der Waals surface area contributed by atoms with Crippen LogP contribution in [0.1, 0.15) is 29.4 Å². The van der Waals surface area contributed by atoms with Gasteiger partial charge in [0, 0.05) is 23.5 Å². The highest BCUT2D eigenvalue weighted by Gasteiger charge is 2.14. The third kappa shape index (κ3) is 5.59. The molecule has 5 rings (SSSR count). The van der Waals surface area contributed by atoms with Gasteiger partial charge in [0.2, 0.25) is 0 Å². The molecule has 3 heterocycles. The minimum atomic E-state index is 0.564. The molecule has 0 bridgehead atoms. The van der Waals surface area contributed by atoms with Gasteiger partial charge < -0.3 is 4.74 Å². The summed E-state index contributed by atoms with van der Waals surface area (Å²) >= 11 is 0. The smallest absolute Gasteiger partial charge is 0.123 e. The van der Waals surface area contributed by atoms with Gasteiger partial charge in [0.15, 0.2) is 0 Å². The van der Waals surface area contributed by atoms with Crippen LogP contribution < -0.4 is 4.74 Å². The number of rotatable bonds is 6. The number of pyridine rings is 3. The lowest BCUT2D eigenvalue weighted by molar-refractivity contribution is 0.340. The average molecular weight is 486 g/mol. The monoisotopic (exact) mass is 485 g/mol. The molecule has 0 N–H and O–H groups in total. The van der Waals surface area contributed by atoms with Crippen LogP contribution in [0.3, 0.4) is 0 Å². The SMILES string of the molecule is CCOc1cc(-c2cc(-c3ccc(C)cc3)cc(C)n2)nc(-c2cc(-c3ccc(C)cc3)cc(C)n2)c1. The Balaban J connectivity index is 1.62. The molecule has 3 aromatic heterocycles. The van der Waals surface area contributed by atoms with Gasteiger partial charge in [-0.15, -0.1) is 0 Å². The van der Waals surface area contributed by atoms with Gasteiger partial charge in [-0.25, -0.2) is 4.98 Å². The topological polar surface area (TPSA) is 47.9 Å². The highest BCUT2D eigenvalue weighted by molar-refractivity contribution is 5.74. The quantitative estimate of drug-likeness (QED) is 0.243. The Hall–Kier alpha value is -4.31. The zero-order valence-electron chi connectivity index (χ0n) is 22.0. The van der Waals surface area contributed by atoms with Crippen LogP contribution in [0.15, 0.2) is 84.9 Å². The second-order valence-electron chi connectivity index (χ2n) is 9.50. The molecule has 0 aliphatic rings. The number of aromatic nitrogens is 3. The molecule has 184 valence electrons. The zero-order valence-corrected chi connectivity index (χ0v) is 22.0. The summed E-state index contributed by atoms with van der Waals surface area (Å²) < 4.78 is 5.95. The second kappa shape index (κ2) is 10.4. The molecular formula is C33H31N3O. The van der Waals surface area contributed by atoms with Gasteiger partial charge in [0.1, 0.15) is 5.75 Å². The Kier molecular flexibility index (Phi) is 6.82. The Morgan fingerprint density at radius 1 is 0.486 bits per heavy atom. The summed E-state index contributed by atoms with van der Waals surface area (Å²) in [6.07, 6.45) is 0. The Morgan fingerprint density at radius 2 is 0.892 bits per heavy atom. The van der Waals surface area contributed by atoms with E-state index in [-0.39, 0.29) is 0 Å². The number of hydrogen-bond acceptors (Lipinski definition) is 4. The van der Waals surface area contributed by atoms with Crippen LogP contribution in [0.25, 0.3) is 45.0 Å². The predicted octanol–water partition coefficient (Wildman–Crippen LogP) is 8.17. The van der Waals surface area contributed by atoms with Crippen molar-refractivity contribution in [3.63, 3.8) is 0 Å². The molecule has 0 aliphatic carbocycles. The summed E-state index contributed by atoms with van der Waals surface area (Å²) in [5.41, 5.74) is 12.0. The van der Waals surface area contributed by atoms with E-state index in [0.29, 0.717) is 6.61 Å². The van der Waals surface area contributed by atoms with Crippen molar-refractivity contribution in [3.05, 3.63) is 107 Å². The molecule has 37 heavy (non-hydrogen) atoms. The van der Waals surface area contributed by atoms with Gasteiger partial charge in [-0.2, -0.15) is 0 Å². The molecule has 5 aromatic rings. The molecule has 0 saturated heterocycles. The van der Waals surface area contributed by atoms with Gasteiger partial charge >= 0.3 is 0 Å². The minimum Gasteiger partial charge on any atom is -0.494 e. The van der Waals surface area contributed by atoms with Gasteiger partial charge in [0.05, 0.1) is 29.4 Å². The van der Waals surface area contributed by atoms with Crippen LogP contribution in [-0.2, 0) is 0 Å². The summed E-state index contributed by atoms with van der Waals surface area (Å²) in [6.45, 7) is 10.8. The standard InChI is InChI=1S/C33H31N3O/c1-6-37-29-19-32(30-17-27(15-23(4)34-30)25-11-7-21(2)8-12-25)36-33(20-29)31-18-28(16-24(5)35-31)26-13-9-22(3)10-14-26/h7-20H,6H2,1-5H3. The van der Waals surface area contributed by atoms with Crippen molar-refractivity contribution >= 4 is 0 Å². The van der Waals surface area contributed by atoms with Crippen LogP contribution >= 0.6 is 0 Å². The summed E-state index contributed by atoms with van der Waals surface area (Å²) in [4.78, 5) is 14.7. The molecular weight excluding hydrogens is 454 g/mol. The third-order valence-electron chi connectivity index (χ3n) is 6.31. The average Bonchev–Trinajstić information content (AvgIpc) is 2.89. The van der Waals surface area contributed by atoms with Crippen LogP contribution in [0.4, 0.5) is 0 Å². The first-order valence-corrected chi connectivity index (χ1v) is 12.6. The van der Waals surface area contributed by atoms with Crippen molar-refractivity contribution in [1.82, 2.24) is 15.0 Å². The molecule has 4 heteroatoms. The number of ether oxygens (including phenoxy) is 1. The molecule has 0 spiro atoms. The summed E-state index contributed by atoms with van der Waals surface area (Å²) in [5, 5.41) is 0. The number of benzene rings is 2. The fraction of sp³-hybridized carbons (Fsp3) is 0.182. The third-order valence-corrected chi connectivity index (χ3v) is 6.31. The highest BCUT2D eigenvalue weighted by Crippen LogP contribution is 2.32. The molecule has 0 saturated carbocycles. The predicted molar refractivity (Wildman–Crippen MR) is 152 cm³/mol. The molecule has 0 amide bonds. The number of hydrogen-bond donors (Lipinski definition) is 0. The maximum atomic E-state index is 5.95. The highest BCUT2D eigenvalue weighted by atomic mass is 16.5. The molecule has 4 nitrogen and oxygen atoms in total. The second-order valence-corrected chi connectivity index (χ2v) is 9.50. The maximum Gasteiger partial charge on any atom is 0.123 e. The van der Waals surface area contributed by atoms with Crippen LogP contribution in [0.2, 0.25) is 0 Å². The van der Waals surface area contributed by atoms with E-state index in [1.165, 1.54) is 11.1 Å². The minimum absolute atomic E-state index is 0.564. The van der Waals surface area contributed by atoms with E-state index in [1.807, 2.05) is 32.9 Å². The first-order valence-electron chi connectivity index (χ1n) is 12.6. The van der Waals surface area contributed by atoms with Gasteiger partial charge in [-0.3, -0.25) is 9.97 Å². The molecule has 0 unspecified atom stereocenters. The van der Waals surface area contributed by atoms with E-state index >= 15 is 0 Å². The van der Waals surface area contributed by atoms with E-state index in [9.17, 15) is 0 Å². The lowest BCUT2D eigenvalue weighted by Gasteiger charge is -2.13. The van der Waals surface area contributed by atoms with Gasteiger partial charge in [0.25, 0.3) is 0 Å². The van der Waals surface area contributed by atoms with E-state index in [0.717, 1.165) is 62.2 Å². The fourth-order valence-electron chi connectivity index (χ4n) is 4.44. The zero-order chi connectivity index (χ0) is 25.9. The molecule has 0 atom stereocenters. The lowest BCUT2D eigenvalue weighted by Crippen LogP contribution is -1.99. The van der Waals surface area contributed by atoms with Crippen molar-refractivity contribution in [2.75, 3.05) is 6.61 Å². The first-order chi connectivity index (χ1) is 17.9. The van der Waals surface area contributed by atoms with Crippen molar-refractivity contribution in [2.24, 2.45) is 0 Å². The van der Waals surface area contributed by atoms with Crippen LogP contribution in [0, 0.1) is 27.7 Å². The maximum absolute atomic E-state index is 5.95. The summed E-state index contributed by atoms with van der Waals surface area (Å²) in [7, 11) is 0. The summed E-state index contributed by atoms with van der Waals surface area (Å²) in [6, 6.07) is 29.4.